The zero-order valence-corrected chi connectivity index (χ0v) is 7.71. The lowest BCUT2D eigenvalue weighted by Crippen LogP contribution is -2.11. The number of ether oxygens (including phenoxy) is 1. The highest BCUT2D eigenvalue weighted by molar-refractivity contribution is 5.68. The summed E-state index contributed by atoms with van der Waals surface area (Å²) in [6.45, 7) is -0.817. The Bertz CT molecular complexity index is 400. The summed E-state index contributed by atoms with van der Waals surface area (Å²) in [6.07, 6.45) is -4.65. The third-order valence-electron chi connectivity index (χ3n) is 1.61. The summed E-state index contributed by atoms with van der Waals surface area (Å²) >= 11 is 0. The first kappa shape index (κ1) is 12.3. The highest BCUT2D eigenvalue weighted by Gasteiger charge is 2.31. The van der Waals surface area contributed by atoms with E-state index < -0.39 is 35.9 Å². The monoisotopic (exact) mass is 238 g/mol. The predicted octanol–water partition coefficient (Wildman–Crippen LogP) is 2.31. The van der Waals surface area contributed by atoms with Crippen molar-refractivity contribution in [2.24, 2.45) is 0 Å². The van der Waals surface area contributed by atoms with E-state index in [1.54, 1.807) is 0 Å². The molecular formula is C9H6F4O3. The maximum atomic E-state index is 13.0. The number of rotatable bonds is 3. The van der Waals surface area contributed by atoms with Crippen molar-refractivity contribution in [2.45, 2.75) is 6.18 Å². The van der Waals surface area contributed by atoms with Gasteiger partial charge in [0.2, 0.25) is 0 Å². The average molecular weight is 238 g/mol. The van der Waals surface area contributed by atoms with E-state index in [1.807, 2.05) is 0 Å². The van der Waals surface area contributed by atoms with Crippen molar-refractivity contribution in [2.75, 3.05) is 6.61 Å². The molecule has 0 heterocycles. The van der Waals surface area contributed by atoms with Crippen molar-refractivity contribution in [1.82, 2.24) is 0 Å². The van der Waals surface area contributed by atoms with Gasteiger partial charge in [-0.05, 0) is 18.2 Å². The van der Waals surface area contributed by atoms with E-state index in [1.165, 1.54) is 0 Å². The Morgan fingerprint density at radius 1 is 1.38 bits per heavy atom. The molecule has 0 aliphatic carbocycles. The van der Waals surface area contributed by atoms with Crippen molar-refractivity contribution in [3.05, 3.63) is 29.6 Å². The molecule has 0 saturated carbocycles. The molecule has 1 aromatic rings. The summed E-state index contributed by atoms with van der Waals surface area (Å²) in [5, 5.41) is 8.22. The van der Waals surface area contributed by atoms with Crippen molar-refractivity contribution >= 4 is 5.97 Å². The molecule has 0 atom stereocenters. The topological polar surface area (TPSA) is 46.5 Å². The van der Waals surface area contributed by atoms with E-state index in [2.05, 4.69) is 4.74 Å². The Labute approximate surface area is 87.3 Å². The van der Waals surface area contributed by atoms with Crippen LogP contribution in [0.4, 0.5) is 17.6 Å². The molecular weight excluding hydrogens is 232 g/mol. The fourth-order valence-electron chi connectivity index (χ4n) is 0.934. The molecule has 16 heavy (non-hydrogen) atoms. The van der Waals surface area contributed by atoms with Crippen molar-refractivity contribution in [1.29, 1.82) is 0 Å². The van der Waals surface area contributed by atoms with Crippen LogP contribution in [0.5, 0.6) is 5.75 Å². The summed E-state index contributed by atoms with van der Waals surface area (Å²) in [7, 11) is 0. The Balaban J connectivity index is 2.88. The van der Waals surface area contributed by atoms with Crippen LogP contribution in [0.3, 0.4) is 0 Å². The molecule has 1 rings (SSSR count). The lowest BCUT2D eigenvalue weighted by atomic mass is 10.2. The van der Waals surface area contributed by atoms with Gasteiger partial charge in [-0.15, -0.1) is 0 Å². The predicted molar refractivity (Wildman–Crippen MR) is 44.5 cm³/mol. The standard InChI is InChI=1S/C9H6F4O3/c10-6-3-5(9(11,12)13)1-2-7(6)16-4-8(14)15/h1-3H,4H2,(H,14,15). The lowest BCUT2D eigenvalue weighted by Gasteiger charge is -2.09. The second kappa shape index (κ2) is 4.38. The summed E-state index contributed by atoms with van der Waals surface area (Å²) in [6, 6.07) is 1.60. The molecule has 0 aliphatic rings. The quantitative estimate of drug-likeness (QED) is 0.822. The minimum atomic E-state index is -4.65. The highest BCUT2D eigenvalue weighted by Crippen LogP contribution is 2.31. The van der Waals surface area contributed by atoms with Crippen LogP contribution in [0, 0.1) is 5.82 Å². The van der Waals surface area contributed by atoms with Gasteiger partial charge in [-0.25, -0.2) is 9.18 Å². The number of carboxylic acids is 1. The van der Waals surface area contributed by atoms with Crippen molar-refractivity contribution in [3.8, 4) is 5.75 Å². The zero-order valence-electron chi connectivity index (χ0n) is 7.71. The van der Waals surface area contributed by atoms with Gasteiger partial charge in [0.15, 0.2) is 18.2 Å². The summed E-state index contributed by atoms with van der Waals surface area (Å²) in [5.74, 6) is -3.13. The Morgan fingerprint density at radius 3 is 2.44 bits per heavy atom. The van der Waals surface area contributed by atoms with E-state index in [9.17, 15) is 22.4 Å². The number of alkyl halides is 3. The van der Waals surface area contributed by atoms with Gasteiger partial charge < -0.3 is 9.84 Å². The molecule has 0 unspecified atom stereocenters. The van der Waals surface area contributed by atoms with E-state index >= 15 is 0 Å². The van der Waals surface area contributed by atoms with Crippen LogP contribution in [0.25, 0.3) is 0 Å². The molecule has 3 nitrogen and oxygen atoms in total. The summed E-state index contributed by atoms with van der Waals surface area (Å²) in [5.41, 5.74) is -1.16. The largest absolute Gasteiger partial charge is 0.479 e. The number of carbonyl (C=O) groups is 1. The average Bonchev–Trinajstić information content (AvgIpc) is 2.14. The molecule has 0 spiro atoms. The highest BCUT2D eigenvalue weighted by atomic mass is 19.4. The molecule has 0 amide bonds. The van der Waals surface area contributed by atoms with E-state index in [0.29, 0.717) is 6.07 Å². The van der Waals surface area contributed by atoms with Crippen LogP contribution < -0.4 is 4.74 Å². The minimum Gasteiger partial charge on any atom is -0.479 e. The van der Waals surface area contributed by atoms with Gasteiger partial charge >= 0.3 is 12.1 Å². The summed E-state index contributed by atoms with van der Waals surface area (Å²) in [4.78, 5) is 10.1. The van der Waals surface area contributed by atoms with Crippen LogP contribution in [-0.2, 0) is 11.0 Å². The van der Waals surface area contributed by atoms with Crippen LogP contribution in [0.1, 0.15) is 5.56 Å². The first-order valence-electron chi connectivity index (χ1n) is 4.02. The van der Waals surface area contributed by atoms with Crippen LogP contribution >= 0.6 is 0 Å². The van der Waals surface area contributed by atoms with E-state index in [4.69, 9.17) is 5.11 Å². The van der Waals surface area contributed by atoms with Gasteiger partial charge in [0.1, 0.15) is 0 Å². The Morgan fingerprint density at radius 2 is 2.00 bits per heavy atom. The van der Waals surface area contributed by atoms with Gasteiger partial charge in [-0.1, -0.05) is 0 Å². The molecule has 0 aliphatic heterocycles. The number of aliphatic carboxylic acids is 1. The van der Waals surface area contributed by atoms with Gasteiger partial charge in [0.05, 0.1) is 5.56 Å². The Kier molecular flexibility index (Phi) is 3.36. The SMILES string of the molecule is O=C(O)COc1ccc(C(F)(F)F)cc1F. The fourth-order valence-corrected chi connectivity index (χ4v) is 0.934. The maximum Gasteiger partial charge on any atom is 0.416 e. The van der Waals surface area contributed by atoms with Crippen molar-refractivity contribution < 1.29 is 32.2 Å². The number of hydrogen-bond acceptors (Lipinski definition) is 2. The van der Waals surface area contributed by atoms with E-state index in [0.717, 1.165) is 6.07 Å². The third kappa shape index (κ3) is 3.11. The molecule has 0 radical (unpaired) electrons. The third-order valence-corrected chi connectivity index (χ3v) is 1.61. The second-order valence-electron chi connectivity index (χ2n) is 2.83. The second-order valence-corrected chi connectivity index (χ2v) is 2.83. The molecule has 0 fully saturated rings. The normalized spacial score (nSPS) is 11.2. The Hall–Kier alpha value is -1.79. The van der Waals surface area contributed by atoms with Gasteiger partial charge in [-0.2, -0.15) is 13.2 Å². The van der Waals surface area contributed by atoms with Crippen LogP contribution in [-0.4, -0.2) is 17.7 Å². The zero-order chi connectivity index (χ0) is 12.3. The number of benzene rings is 1. The minimum absolute atomic E-state index is 0.247. The van der Waals surface area contributed by atoms with Gasteiger partial charge in [0.25, 0.3) is 0 Å². The number of hydrogen-bond donors (Lipinski definition) is 1. The van der Waals surface area contributed by atoms with Crippen molar-refractivity contribution in [3.63, 3.8) is 0 Å². The molecule has 88 valence electrons. The fraction of sp³-hybridized carbons (Fsp3) is 0.222. The number of carboxylic acid groups (broad SMARTS) is 1. The van der Waals surface area contributed by atoms with Crippen LogP contribution in [0.15, 0.2) is 18.2 Å². The van der Waals surface area contributed by atoms with Gasteiger partial charge in [-0.3, -0.25) is 0 Å². The smallest absolute Gasteiger partial charge is 0.416 e. The molecule has 0 saturated heterocycles. The first-order chi connectivity index (χ1) is 7.30. The first-order valence-corrected chi connectivity index (χ1v) is 4.02. The molecule has 1 N–H and O–H groups in total. The molecule has 1 aromatic carbocycles. The van der Waals surface area contributed by atoms with Gasteiger partial charge in [0, 0.05) is 0 Å². The molecule has 7 heteroatoms. The molecule has 0 aromatic heterocycles. The summed E-state index contributed by atoms with van der Waals surface area (Å²) < 4.78 is 53.8. The van der Waals surface area contributed by atoms with E-state index in [-0.39, 0.29) is 6.07 Å². The number of halogens is 4. The lowest BCUT2D eigenvalue weighted by molar-refractivity contribution is -0.140. The molecule has 0 bridgehead atoms. The van der Waals surface area contributed by atoms with Crippen LogP contribution in [0.2, 0.25) is 0 Å². The maximum absolute atomic E-state index is 13.0.